The fourth-order valence-corrected chi connectivity index (χ4v) is 3.07. The van der Waals surface area contributed by atoms with Gasteiger partial charge in [0.1, 0.15) is 0 Å². The first-order chi connectivity index (χ1) is 10.3. The lowest BCUT2D eigenvalue weighted by Crippen LogP contribution is -2.18. The van der Waals surface area contributed by atoms with Crippen molar-refractivity contribution in [2.75, 3.05) is 20.3 Å². The van der Waals surface area contributed by atoms with E-state index in [4.69, 9.17) is 16.3 Å². The van der Waals surface area contributed by atoms with E-state index in [2.05, 4.69) is 41.7 Å². The number of rotatable bonds is 8. The molecule has 0 fully saturated rings. The van der Waals surface area contributed by atoms with Crippen molar-refractivity contribution in [3.63, 3.8) is 0 Å². The summed E-state index contributed by atoms with van der Waals surface area (Å²) in [5, 5.41) is 4.18. The topological polar surface area (TPSA) is 21.3 Å². The van der Waals surface area contributed by atoms with Crippen LogP contribution < -0.4 is 5.32 Å². The second-order valence-corrected chi connectivity index (χ2v) is 6.15. The summed E-state index contributed by atoms with van der Waals surface area (Å²) in [6.45, 7) is 2.47. The van der Waals surface area contributed by atoms with Gasteiger partial charge >= 0.3 is 0 Å². The van der Waals surface area contributed by atoms with Crippen molar-refractivity contribution in [1.82, 2.24) is 5.32 Å². The van der Waals surface area contributed by atoms with Gasteiger partial charge in [0.2, 0.25) is 0 Å². The molecule has 0 radical (unpaired) electrons. The molecule has 112 valence electrons. The highest BCUT2D eigenvalue weighted by Crippen LogP contribution is 2.26. The third-order valence-corrected chi connectivity index (χ3v) is 4.52. The van der Waals surface area contributed by atoms with Gasteiger partial charge in [0.05, 0.1) is 6.61 Å². The Kier molecular flexibility index (Phi) is 7.10. The molecule has 0 aliphatic carbocycles. The molecule has 2 aromatic rings. The van der Waals surface area contributed by atoms with Gasteiger partial charge in [-0.3, -0.25) is 0 Å². The molecule has 2 rings (SSSR count). The van der Waals surface area contributed by atoms with Crippen LogP contribution in [0.4, 0.5) is 0 Å². The normalized spacial score (nSPS) is 10.8. The lowest BCUT2D eigenvalue weighted by atomic mass is 10.2. The van der Waals surface area contributed by atoms with Crippen LogP contribution in [-0.2, 0) is 17.0 Å². The lowest BCUT2D eigenvalue weighted by Gasteiger charge is -2.10. The molecule has 0 aliphatic heterocycles. The Hall–Kier alpha value is -1.00. The average Bonchev–Trinajstić information content (AvgIpc) is 2.52. The zero-order valence-corrected chi connectivity index (χ0v) is 13.7. The molecular formula is C17H20ClNOS. The zero-order chi connectivity index (χ0) is 14.9. The zero-order valence-electron chi connectivity index (χ0n) is 12.1. The first kappa shape index (κ1) is 16.4. The van der Waals surface area contributed by atoms with Gasteiger partial charge in [-0.15, -0.1) is 11.8 Å². The van der Waals surface area contributed by atoms with Crippen LogP contribution in [0.25, 0.3) is 0 Å². The standard InChI is InChI=1S/C17H20ClNOS/c1-20-11-10-19-12-15-4-2-3-5-17(15)21-13-14-6-8-16(18)9-7-14/h2-9,19H,10-13H2,1H3. The first-order valence-electron chi connectivity index (χ1n) is 6.94. The minimum absolute atomic E-state index is 0.736. The third-order valence-electron chi connectivity index (χ3n) is 3.08. The molecule has 0 bridgehead atoms. The second kappa shape index (κ2) is 9.11. The maximum absolute atomic E-state index is 5.91. The number of hydrogen-bond acceptors (Lipinski definition) is 3. The van der Waals surface area contributed by atoms with E-state index in [9.17, 15) is 0 Å². The van der Waals surface area contributed by atoms with Crippen LogP contribution in [0, 0.1) is 0 Å². The fourth-order valence-electron chi connectivity index (χ4n) is 1.93. The minimum atomic E-state index is 0.736. The van der Waals surface area contributed by atoms with Crippen molar-refractivity contribution in [3.05, 3.63) is 64.7 Å². The minimum Gasteiger partial charge on any atom is -0.383 e. The number of hydrogen-bond donors (Lipinski definition) is 1. The summed E-state index contributed by atoms with van der Waals surface area (Å²) in [6, 6.07) is 16.6. The van der Waals surface area contributed by atoms with Crippen LogP contribution in [0.15, 0.2) is 53.4 Å². The van der Waals surface area contributed by atoms with E-state index in [0.717, 1.165) is 30.5 Å². The smallest absolute Gasteiger partial charge is 0.0587 e. The summed E-state index contributed by atoms with van der Waals surface area (Å²) in [6.07, 6.45) is 0. The first-order valence-corrected chi connectivity index (χ1v) is 8.31. The number of nitrogens with one attached hydrogen (secondary N) is 1. The molecule has 0 atom stereocenters. The molecule has 21 heavy (non-hydrogen) atoms. The van der Waals surface area contributed by atoms with E-state index in [1.54, 1.807) is 7.11 Å². The van der Waals surface area contributed by atoms with Crippen molar-refractivity contribution in [2.24, 2.45) is 0 Å². The summed E-state index contributed by atoms with van der Waals surface area (Å²) in [5.41, 5.74) is 2.61. The predicted octanol–water partition coefficient (Wildman–Crippen LogP) is 4.37. The Labute approximate surface area is 135 Å². The van der Waals surface area contributed by atoms with Crippen LogP contribution in [-0.4, -0.2) is 20.3 Å². The molecule has 0 unspecified atom stereocenters. The average molecular weight is 322 g/mol. The Bertz CT molecular complexity index is 545. The van der Waals surface area contributed by atoms with Gasteiger partial charge in [-0.05, 0) is 29.3 Å². The van der Waals surface area contributed by atoms with E-state index in [0.29, 0.717) is 0 Å². The van der Waals surface area contributed by atoms with E-state index in [1.165, 1.54) is 16.0 Å². The van der Waals surface area contributed by atoms with E-state index < -0.39 is 0 Å². The molecule has 0 aromatic heterocycles. The van der Waals surface area contributed by atoms with E-state index in [-0.39, 0.29) is 0 Å². The molecule has 0 saturated carbocycles. The van der Waals surface area contributed by atoms with Crippen LogP contribution in [0.5, 0.6) is 0 Å². The van der Waals surface area contributed by atoms with E-state index in [1.807, 2.05) is 23.9 Å². The third kappa shape index (κ3) is 5.71. The van der Waals surface area contributed by atoms with Crippen molar-refractivity contribution < 1.29 is 4.74 Å². The highest BCUT2D eigenvalue weighted by atomic mass is 35.5. The van der Waals surface area contributed by atoms with Gasteiger partial charge in [-0.2, -0.15) is 0 Å². The number of thioether (sulfide) groups is 1. The van der Waals surface area contributed by atoms with Crippen molar-refractivity contribution in [2.45, 2.75) is 17.2 Å². The molecule has 2 aromatic carbocycles. The quantitative estimate of drug-likeness (QED) is 0.576. The van der Waals surface area contributed by atoms with Gasteiger partial charge in [-0.1, -0.05) is 41.9 Å². The molecule has 0 spiro atoms. The van der Waals surface area contributed by atoms with Crippen LogP contribution in [0.2, 0.25) is 5.02 Å². The summed E-state index contributed by atoms with van der Waals surface area (Å²) >= 11 is 7.77. The highest BCUT2D eigenvalue weighted by molar-refractivity contribution is 7.98. The van der Waals surface area contributed by atoms with E-state index >= 15 is 0 Å². The van der Waals surface area contributed by atoms with Gasteiger partial charge in [0.15, 0.2) is 0 Å². The fraction of sp³-hybridized carbons (Fsp3) is 0.294. The van der Waals surface area contributed by atoms with Gasteiger partial charge in [0, 0.05) is 35.9 Å². The van der Waals surface area contributed by atoms with Crippen molar-refractivity contribution >= 4 is 23.4 Å². The van der Waals surface area contributed by atoms with Crippen LogP contribution in [0.3, 0.4) is 0 Å². The molecule has 2 nitrogen and oxygen atoms in total. The highest BCUT2D eigenvalue weighted by Gasteiger charge is 2.03. The lowest BCUT2D eigenvalue weighted by molar-refractivity contribution is 0.199. The molecule has 0 amide bonds. The largest absolute Gasteiger partial charge is 0.383 e. The Morgan fingerprint density at radius 1 is 1.10 bits per heavy atom. The van der Waals surface area contributed by atoms with Crippen LogP contribution >= 0.6 is 23.4 Å². The summed E-state index contributed by atoms with van der Waals surface area (Å²) in [7, 11) is 1.72. The molecule has 0 heterocycles. The number of halogens is 1. The van der Waals surface area contributed by atoms with Crippen molar-refractivity contribution in [3.8, 4) is 0 Å². The van der Waals surface area contributed by atoms with Crippen LogP contribution in [0.1, 0.15) is 11.1 Å². The van der Waals surface area contributed by atoms with Crippen molar-refractivity contribution in [1.29, 1.82) is 0 Å². The number of benzene rings is 2. The Morgan fingerprint density at radius 2 is 1.86 bits per heavy atom. The molecule has 1 N–H and O–H groups in total. The number of ether oxygens (including phenoxy) is 1. The molecule has 0 saturated heterocycles. The number of methoxy groups -OCH3 is 1. The molecular weight excluding hydrogens is 302 g/mol. The molecule has 4 heteroatoms. The summed E-state index contributed by atoms with van der Waals surface area (Å²) < 4.78 is 5.05. The predicted molar refractivity (Wildman–Crippen MR) is 91.0 cm³/mol. The molecule has 0 aliphatic rings. The van der Waals surface area contributed by atoms with Gasteiger partial charge in [-0.25, -0.2) is 0 Å². The summed E-state index contributed by atoms with van der Waals surface area (Å²) in [4.78, 5) is 1.32. The Balaban J connectivity index is 1.91. The maximum atomic E-state index is 5.91. The second-order valence-electron chi connectivity index (χ2n) is 4.69. The SMILES string of the molecule is COCCNCc1ccccc1SCc1ccc(Cl)cc1. The van der Waals surface area contributed by atoms with Gasteiger partial charge in [0.25, 0.3) is 0 Å². The summed E-state index contributed by atoms with van der Waals surface area (Å²) in [5.74, 6) is 0.951. The monoisotopic (exact) mass is 321 g/mol. The van der Waals surface area contributed by atoms with Gasteiger partial charge < -0.3 is 10.1 Å². The maximum Gasteiger partial charge on any atom is 0.0587 e. The Morgan fingerprint density at radius 3 is 2.62 bits per heavy atom.